The Morgan fingerprint density at radius 3 is 2.44 bits per heavy atom. The van der Waals surface area contributed by atoms with Crippen LogP contribution in [0.3, 0.4) is 0 Å². The fourth-order valence-electron chi connectivity index (χ4n) is 2.95. The number of H-pyrrole nitrogens is 2. The lowest BCUT2D eigenvalue weighted by Crippen LogP contribution is -2.29. The van der Waals surface area contributed by atoms with Gasteiger partial charge in [0.2, 0.25) is 0 Å². The maximum absolute atomic E-state index is 12.4. The third-order valence-corrected chi connectivity index (χ3v) is 4.17. The molecule has 0 fully saturated rings. The molecule has 4 aromatic rings. The average molecular weight is 332 g/mol. The molecule has 2 N–H and O–H groups in total. The van der Waals surface area contributed by atoms with Crippen LogP contribution in [-0.4, -0.2) is 19.5 Å². The maximum atomic E-state index is 12.4. The van der Waals surface area contributed by atoms with Crippen LogP contribution in [0.2, 0.25) is 0 Å². The number of fused-ring (bicyclic) bond motifs is 1. The van der Waals surface area contributed by atoms with Crippen molar-refractivity contribution in [3.63, 3.8) is 0 Å². The van der Waals surface area contributed by atoms with Gasteiger partial charge in [-0.3, -0.25) is 9.78 Å². The first kappa shape index (κ1) is 15.1. The zero-order valence-electron chi connectivity index (χ0n) is 13.6. The molecule has 0 unspecified atom stereocenters. The number of aromatic amines is 2. The summed E-state index contributed by atoms with van der Waals surface area (Å²) < 4.78 is 1.44. The minimum absolute atomic E-state index is 0.300. The van der Waals surface area contributed by atoms with Crippen LogP contribution in [0, 0.1) is 6.92 Å². The number of aryl methyl sites for hydroxylation is 1. The number of nitrogens with zero attached hydrogens (tertiary/aromatic N) is 2. The van der Waals surface area contributed by atoms with E-state index in [-0.39, 0.29) is 0 Å². The monoisotopic (exact) mass is 332 g/mol. The van der Waals surface area contributed by atoms with Gasteiger partial charge in [-0.1, -0.05) is 48.5 Å². The average Bonchev–Trinajstić information content (AvgIpc) is 3.01. The summed E-state index contributed by atoms with van der Waals surface area (Å²) in [6.45, 7) is 1.91. The molecular formula is C19H16N4O2. The van der Waals surface area contributed by atoms with Crippen LogP contribution >= 0.6 is 0 Å². The highest BCUT2D eigenvalue weighted by atomic mass is 16.2. The molecular weight excluding hydrogens is 316 g/mol. The summed E-state index contributed by atoms with van der Waals surface area (Å²) in [5.74, 6) is 0.639. The third-order valence-electron chi connectivity index (χ3n) is 4.17. The second-order valence-corrected chi connectivity index (χ2v) is 5.93. The summed E-state index contributed by atoms with van der Waals surface area (Å²) in [5.41, 5.74) is 2.38. The fourth-order valence-corrected chi connectivity index (χ4v) is 2.95. The van der Waals surface area contributed by atoms with Crippen molar-refractivity contribution in [2.24, 2.45) is 0 Å². The molecule has 0 amide bonds. The van der Waals surface area contributed by atoms with E-state index < -0.39 is 11.2 Å². The third kappa shape index (κ3) is 2.67. The predicted molar refractivity (Wildman–Crippen MR) is 96.3 cm³/mol. The lowest BCUT2D eigenvalue weighted by Gasteiger charge is -2.08. The largest absolute Gasteiger partial charge is 0.336 e. The molecule has 25 heavy (non-hydrogen) atoms. The summed E-state index contributed by atoms with van der Waals surface area (Å²) in [7, 11) is 0. The molecule has 0 saturated heterocycles. The predicted octanol–water partition coefficient (Wildman–Crippen LogP) is 2.30. The number of hydrogen-bond donors (Lipinski definition) is 2. The van der Waals surface area contributed by atoms with Gasteiger partial charge in [-0.05, 0) is 24.1 Å². The topological polar surface area (TPSA) is 83.5 Å². The lowest BCUT2D eigenvalue weighted by molar-refractivity contribution is 0.920. The van der Waals surface area contributed by atoms with Crippen LogP contribution in [0.5, 0.6) is 0 Å². The van der Waals surface area contributed by atoms with Gasteiger partial charge in [-0.15, -0.1) is 0 Å². The molecule has 2 aromatic heterocycles. The van der Waals surface area contributed by atoms with E-state index in [1.165, 1.54) is 4.57 Å². The molecule has 0 aliphatic carbocycles. The highest BCUT2D eigenvalue weighted by molar-refractivity contribution is 5.72. The van der Waals surface area contributed by atoms with Gasteiger partial charge in [0.05, 0.1) is 5.69 Å². The van der Waals surface area contributed by atoms with Gasteiger partial charge < -0.3 is 4.98 Å². The molecule has 2 heterocycles. The van der Waals surface area contributed by atoms with Crippen LogP contribution in [0.4, 0.5) is 0 Å². The smallest absolute Gasteiger partial charge is 0.334 e. The quantitative estimate of drug-likeness (QED) is 0.604. The Kier molecular flexibility index (Phi) is 3.57. The zero-order valence-corrected chi connectivity index (χ0v) is 13.6. The second kappa shape index (κ2) is 5.90. The highest BCUT2D eigenvalue weighted by Crippen LogP contribution is 2.16. The van der Waals surface area contributed by atoms with Crippen molar-refractivity contribution < 1.29 is 0 Å². The molecule has 0 radical (unpaired) electrons. The molecule has 4 rings (SSSR count). The van der Waals surface area contributed by atoms with Gasteiger partial charge in [0.1, 0.15) is 11.3 Å². The van der Waals surface area contributed by atoms with E-state index in [0.29, 0.717) is 29.1 Å². The maximum Gasteiger partial charge on any atom is 0.334 e. The van der Waals surface area contributed by atoms with Gasteiger partial charge in [-0.25, -0.2) is 14.3 Å². The highest BCUT2D eigenvalue weighted by Gasteiger charge is 2.15. The van der Waals surface area contributed by atoms with Gasteiger partial charge >= 0.3 is 5.69 Å². The molecule has 2 aromatic carbocycles. The van der Waals surface area contributed by atoms with E-state index >= 15 is 0 Å². The van der Waals surface area contributed by atoms with Gasteiger partial charge in [0.15, 0.2) is 5.65 Å². The number of benzene rings is 2. The fraction of sp³-hybridized carbons (Fsp3) is 0.105. The summed E-state index contributed by atoms with van der Waals surface area (Å²) in [6.07, 6.45) is 0.553. The number of para-hydroxylation sites is 1. The van der Waals surface area contributed by atoms with E-state index in [1.807, 2.05) is 61.5 Å². The molecule has 0 aliphatic heterocycles. The Morgan fingerprint density at radius 2 is 1.68 bits per heavy atom. The number of hydrogen-bond acceptors (Lipinski definition) is 3. The summed E-state index contributed by atoms with van der Waals surface area (Å²) in [4.78, 5) is 34.6. The van der Waals surface area contributed by atoms with Crippen molar-refractivity contribution in [1.82, 2.24) is 19.5 Å². The molecule has 0 atom stereocenters. The zero-order chi connectivity index (χ0) is 17.4. The first-order valence-corrected chi connectivity index (χ1v) is 7.97. The van der Waals surface area contributed by atoms with Crippen LogP contribution in [0.15, 0.2) is 64.2 Å². The first-order valence-electron chi connectivity index (χ1n) is 7.97. The summed E-state index contributed by atoms with van der Waals surface area (Å²) in [6, 6.07) is 17.3. The van der Waals surface area contributed by atoms with Crippen LogP contribution in [0.1, 0.15) is 17.0 Å². The molecule has 0 aliphatic rings. The van der Waals surface area contributed by atoms with Crippen LogP contribution in [-0.2, 0) is 6.42 Å². The van der Waals surface area contributed by atoms with Gasteiger partial charge in [0, 0.05) is 6.42 Å². The molecule has 0 bridgehead atoms. The van der Waals surface area contributed by atoms with Crippen LogP contribution in [0.25, 0.3) is 16.9 Å². The Labute approximate surface area is 142 Å². The van der Waals surface area contributed by atoms with Crippen molar-refractivity contribution >= 4 is 11.2 Å². The molecule has 0 spiro atoms. The van der Waals surface area contributed by atoms with Crippen molar-refractivity contribution in [2.75, 3.05) is 0 Å². The van der Waals surface area contributed by atoms with Gasteiger partial charge in [0.25, 0.3) is 5.56 Å². The Morgan fingerprint density at radius 1 is 0.960 bits per heavy atom. The minimum Gasteiger partial charge on any atom is -0.336 e. The van der Waals surface area contributed by atoms with E-state index in [4.69, 9.17) is 0 Å². The van der Waals surface area contributed by atoms with Crippen molar-refractivity contribution in [3.8, 4) is 5.69 Å². The number of nitrogens with one attached hydrogen (secondary N) is 2. The Balaban J connectivity index is 1.94. The molecule has 6 heteroatoms. The van der Waals surface area contributed by atoms with E-state index in [2.05, 4.69) is 15.0 Å². The van der Waals surface area contributed by atoms with Crippen LogP contribution < -0.4 is 11.2 Å². The van der Waals surface area contributed by atoms with Crippen molar-refractivity contribution in [3.05, 3.63) is 92.4 Å². The van der Waals surface area contributed by atoms with Gasteiger partial charge in [-0.2, -0.15) is 0 Å². The van der Waals surface area contributed by atoms with Crippen molar-refractivity contribution in [1.29, 1.82) is 0 Å². The number of imidazole rings is 1. The summed E-state index contributed by atoms with van der Waals surface area (Å²) in [5, 5.41) is 0. The first-order chi connectivity index (χ1) is 12.1. The molecule has 0 saturated carbocycles. The SMILES string of the molecule is Cc1ccccc1-n1c(=O)[nH]c(=O)c2[nH]c(Cc3ccccc3)nc21. The van der Waals surface area contributed by atoms with Crippen molar-refractivity contribution in [2.45, 2.75) is 13.3 Å². The number of rotatable bonds is 3. The normalized spacial score (nSPS) is 11.1. The number of aromatic nitrogens is 4. The minimum atomic E-state index is -0.496. The van der Waals surface area contributed by atoms with E-state index in [0.717, 1.165) is 11.1 Å². The van der Waals surface area contributed by atoms with E-state index in [9.17, 15) is 9.59 Å². The Hall–Kier alpha value is -3.41. The molecule has 6 nitrogen and oxygen atoms in total. The lowest BCUT2D eigenvalue weighted by atomic mass is 10.1. The molecule has 124 valence electrons. The standard InChI is InChI=1S/C19H16N4O2/c1-12-7-5-6-10-14(12)23-17-16(18(24)22-19(23)25)20-15(21-17)11-13-8-3-2-4-9-13/h2-10H,11H2,1H3,(H,20,21)(H,22,24,25). The van der Waals surface area contributed by atoms with E-state index in [1.54, 1.807) is 0 Å². The summed E-state index contributed by atoms with van der Waals surface area (Å²) >= 11 is 0. The Bertz CT molecular complexity index is 1170. The second-order valence-electron chi connectivity index (χ2n) is 5.93.